The van der Waals surface area contributed by atoms with Crippen molar-refractivity contribution in [1.29, 1.82) is 0 Å². The lowest BCUT2D eigenvalue weighted by atomic mass is 10.2. The van der Waals surface area contributed by atoms with E-state index in [4.69, 9.17) is 0 Å². The van der Waals surface area contributed by atoms with Crippen molar-refractivity contribution in [3.8, 4) is 11.5 Å². The second-order valence-corrected chi connectivity index (χ2v) is 5.96. The Morgan fingerprint density at radius 1 is 1.00 bits per heavy atom. The first-order valence-corrected chi connectivity index (χ1v) is 8.14. The van der Waals surface area contributed by atoms with Gasteiger partial charge in [-0.15, -0.1) is 0 Å². The average molecular weight is 344 g/mol. The summed E-state index contributed by atoms with van der Waals surface area (Å²) in [4.78, 5) is 13.1. The number of aromatic nitrogens is 6. The molecular weight excluding hydrogens is 331 g/mol. The number of fused-ring (bicyclic) bond motifs is 2. The van der Waals surface area contributed by atoms with E-state index in [1.807, 2.05) is 41.1 Å². The average Bonchev–Trinajstić information content (AvgIpc) is 3.30. The lowest BCUT2D eigenvalue weighted by Gasteiger charge is -2.08. The van der Waals surface area contributed by atoms with Crippen molar-refractivity contribution in [2.24, 2.45) is 0 Å². The molecule has 0 bridgehead atoms. The van der Waals surface area contributed by atoms with Gasteiger partial charge in [-0.3, -0.25) is 5.10 Å². The Bertz CT molecular complexity index is 1240. The number of aromatic amines is 1. The molecule has 0 spiro atoms. The van der Waals surface area contributed by atoms with E-state index in [2.05, 4.69) is 25.1 Å². The Balaban J connectivity index is 1.58. The van der Waals surface area contributed by atoms with Crippen LogP contribution in [0.3, 0.4) is 0 Å². The fourth-order valence-electron chi connectivity index (χ4n) is 3.10. The minimum atomic E-state index is -0.340. The maximum atomic E-state index is 14.1. The fourth-order valence-corrected chi connectivity index (χ4v) is 3.10. The Labute approximate surface area is 147 Å². The molecule has 1 N–H and O–H groups in total. The summed E-state index contributed by atoms with van der Waals surface area (Å²) in [5, 5.41) is 8.97. The molecule has 4 heterocycles. The van der Waals surface area contributed by atoms with Gasteiger partial charge in [0.15, 0.2) is 11.5 Å². The van der Waals surface area contributed by atoms with E-state index in [9.17, 15) is 4.39 Å². The molecule has 0 aliphatic carbocycles. The van der Waals surface area contributed by atoms with Crippen molar-refractivity contribution < 1.29 is 4.39 Å². The second-order valence-electron chi connectivity index (χ2n) is 5.96. The Kier molecular flexibility index (Phi) is 3.24. The molecule has 6 nitrogen and oxygen atoms in total. The molecule has 7 heteroatoms. The van der Waals surface area contributed by atoms with E-state index in [0.717, 1.165) is 16.5 Å². The molecule has 0 unspecified atom stereocenters. The lowest BCUT2D eigenvalue weighted by molar-refractivity contribution is 0.637. The molecule has 0 amide bonds. The van der Waals surface area contributed by atoms with Crippen LogP contribution in [0.1, 0.15) is 5.69 Å². The molecular formula is C19H13FN6. The summed E-state index contributed by atoms with van der Waals surface area (Å²) in [5.74, 6) is 0.329. The summed E-state index contributed by atoms with van der Waals surface area (Å²) < 4.78 is 16.0. The molecule has 0 radical (unpaired) electrons. The minimum absolute atomic E-state index is 0.340. The molecule has 0 fully saturated rings. The molecule has 126 valence electrons. The minimum Gasteiger partial charge on any atom is -0.324 e. The number of hydrogen-bond donors (Lipinski definition) is 1. The summed E-state index contributed by atoms with van der Waals surface area (Å²) >= 11 is 0. The summed E-state index contributed by atoms with van der Waals surface area (Å²) in [6, 6.07) is 12.5. The number of H-pyrrole nitrogens is 1. The molecule has 0 aliphatic heterocycles. The van der Waals surface area contributed by atoms with E-state index >= 15 is 0 Å². The monoisotopic (exact) mass is 344 g/mol. The van der Waals surface area contributed by atoms with Gasteiger partial charge in [-0.05, 0) is 24.3 Å². The predicted molar refractivity (Wildman–Crippen MR) is 95.9 cm³/mol. The van der Waals surface area contributed by atoms with Crippen LogP contribution in [-0.4, -0.2) is 29.7 Å². The maximum Gasteiger partial charge on any atom is 0.181 e. The van der Waals surface area contributed by atoms with Gasteiger partial charge >= 0.3 is 0 Å². The van der Waals surface area contributed by atoms with Gasteiger partial charge in [0.25, 0.3) is 0 Å². The van der Waals surface area contributed by atoms with Gasteiger partial charge in [-0.25, -0.2) is 19.3 Å². The van der Waals surface area contributed by atoms with Crippen LogP contribution in [0.5, 0.6) is 0 Å². The van der Waals surface area contributed by atoms with Gasteiger partial charge in [-0.1, -0.05) is 18.2 Å². The van der Waals surface area contributed by atoms with Crippen molar-refractivity contribution in [3.05, 3.63) is 72.6 Å². The highest BCUT2D eigenvalue weighted by molar-refractivity contribution is 5.81. The topological polar surface area (TPSA) is 72.3 Å². The van der Waals surface area contributed by atoms with Crippen molar-refractivity contribution in [3.63, 3.8) is 0 Å². The SMILES string of the molecule is Fc1cccc2ccc(-c3nccn3Cc3[nH]nc4ncccc34)nc12. The number of hydrogen-bond acceptors (Lipinski definition) is 4. The van der Waals surface area contributed by atoms with Crippen LogP contribution in [-0.2, 0) is 6.54 Å². The molecule has 0 saturated carbocycles. The highest BCUT2D eigenvalue weighted by Gasteiger charge is 2.13. The number of nitrogens with zero attached hydrogens (tertiary/aromatic N) is 5. The number of imidazole rings is 1. The first-order chi connectivity index (χ1) is 12.8. The van der Waals surface area contributed by atoms with Crippen LogP contribution >= 0.6 is 0 Å². The van der Waals surface area contributed by atoms with Crippen LogP contribution in [0.15, 0.2) is 61.1 Å². The molecule has 5 aromatic rings. The number of pyridine rings is 2. The Morgan fingerprint density at radius 2 is 1.96 bits per heavy atom. The van der Waals surface area contributed by atoms with Crippen molar-refractivity contribution in [2.75, 3.05) is 0 Å². The molecule has 5 rings (SSSR count). The summed E-state index contributed by atoms with van der Waals surface area (Å²) in [7, 11) is 0. The van der Waals surface area contributed by atoms with Gasteiger partial charge in [0.05, 0.1) is 12.2 Å². The van der Waals surface area contributed by atoms with Gasteiger partial charge < -0.3 is 4.57 Å². The van der Waals surface area contributed by atoms with E-state index in [1.165, 1.54) is 6.07 Å². The summed E-state index contributed by atoms with van der Waals surface area (Å²) in [5.41, 5.74) is 2.57. The first-order valence-electron chi connectivity index (χ1n) is 8.14. The third kappa shape index (κ3) is 2.33. The van der Waals surface area contributed by atoms with E-state index in [-0.39, 0.29) is 5.82 Å². The molecule has 26 heavy (non-hydrogen) atoms. The van der Waals surface area contributed by atoms with E-state index in [1.54, 1.807) is 18.5 Å². The van der Waals surface area contributed by atoms with Crippen molar-refractivity contribution >= 4 is 21.9 Å². The van der Waals surface area contributed by atoms with Crippen LogP contribution < -0.4 is 0 Å². The third-order valence-electron chi connectivity index (χ3n) is 4.35. The summed E-state index contributed by atoms with van der Waals surface area (Å²) in [6.45, 7) is 0.536. The molecule has 4 aromatic heterocycles. The van der Waals surface area contributed by atoms with E-state index < -0.39 is 0 Å². The van der Waals surface area contributed by atoms with Gasteiger partial charge in [-0.2, -0.15) is 5.10 Å². The zero-order valence-electron chi connectivity index (χ0n) is 13.6. The highest BCUT2D eigenvalue weighted by atomic mass is 19.1. The number of para-hydroxylation sites is 1. The largest absolute Gasteiger partial charge is 0.324 e. The van der Waals surface area contributed by atoms with Gasteiger partial charge in [0, 0.05) is 29.4 Å². The number of benzene rings is 1. The van der Waals surface area contributed by atoms with Gasteiger partial charge in [0.1, 0.15) is 17.0 Å². The van der Waals surface area contributed by atoms with Crippen LogP contribution in [0.25, 0.3) is 33.5 Å². The zero-order chi connectivity index (χ0) is 17.5. The molecule has 0 atom stereocenters. The fraction of sp³-hybridized carbons (Fsp3) is 0.0526. The van der Waals surface area contributed by atoms with Crippen LogP contribution in [0, 0.1) is 5.82 Å². The smallest absolute Gasteiger partial charge is 0.181 e. The molecule has 0 saturated heterocycles. The molecule has 0 aliphatic rings. The highest BCUT2D eigenvalue weighted by Crippen LogP contribution is 2.23. The third-order valence-corrected chi connectivity index (χ3v) is 4.35. The first kappa shape index (κ1) is 14.7. The Hall–Kier alpha value is -3.61. The van der Waals surface area contributed by atoms with Crippen LogP contribution in [0.2, 0.25) is 0 Å². The number of nitrogens with one attached hydrogen (secondary N) is 1. The lowest BCUT2D eigenvalue weighted by Crippen LogP contribution is -2.03. The molecule has 1 aromatic carbocycles. The van der Waals surface area contributed by atoms with Crippen molar-refractivity contribution in [2.45, 2.75) is 6.54 Å². The standard InChI is InChI=1S/C19H13FN6/c20-14-5-1-3-12-6-7-15(23-17(12)14)19-22-9-10-26(19)11-16-13-4-2-8-21-18(13)25-24-16/h1-10H,11H2,(H,21,24,25). The zero-order valence-corrected chi connectivity index (χ0v) is 13.6. The summed E-state index contributed by atoms with van der Waals surface area (Å²) in [6.07, 6.45) is 5.29. The van der Waals surface area contributed by atoms with E-state index in [0.29, 0.717) is 29.2 Å². The van der Waals surface area contributed by atoms with Crippen LogP contribution in [0.4, 0.5) is 4.39 Å². The van der Waals surface area contributed by atoms with Gasteiger partial charge in [0.2, 0.25) is 0 Å². The normalized spacial score (nSPS) is 11.4. The number of halogens is 1. The van der Waals surface area contributed by atoms with Crippen molar-refractivity contribution in [1.82, 2.24) is 29.7 Å². The number of rotatable bonds is 3. The predicted octanol–water partition coefficient (Wildman–Crippen LogP) is 3.56. The maximum absolute atomic E-state index is 14.1. The quantitative estimate of drug-likeness (QED) is 0.543. The second kappa shape index (κ2) is 5.73. The Morgan fingerprint density at radius 3 is 2.92 bits per heavy atom.